The van der Waals surface area contributed by atoms with Gasteiger partial charge in [0.05, 0.1) is 43.2 Å². The van der Waals surface area contributed by atoms with Gasteiger partial charge in [-0.2, -0.15) is 0 Å². The minimum Gasteiger partial charge on any atom is -0.479 e. The number of carbonyl (C=O) groups is 1. The van der Waals surface area contributed by atoms with Crippen LogP contribution < -0.4 is 0 Å². The van der Waals surface area contributed by atoms with Crippen molar-refractivity contribution in [3.8, 4) is 0 Å². The quantitative estimate of drug-likeness (QED) is 0.185. The van der Waals surface area contributed by atoms with Gasteiger partial charge < -0.3 is 53.6 Å². The third-order valence-corrected chi connectivity index (χ3v) is 13.9. The van der Waals surface area contributed by atoms with Crippen LogP contribution in [0.4, 0.5) is 0 Å². The zero-order valence-electron chi connectivity index (χ0n) is 34.2. The fourth-order valence-corrected chi connectivity index (χ4v) is 10.6. The monoisotopic (exact) mass is 788 g/mol. The van der Waals surface area contributed by atoms with Gasteiger partial charge in [-0.25, -0.2) is 4.79 Å². The number of aliphatic hydroxyl groups is 3. The van der Waals surface area contributed by atoms with Gasteiger partial charge in [0, 0.05) is 44.4 Å². The number of carboxylic acids is 1. The van der Waals surface area contributed by atoms with E-state index in [4.69, 9.17) is 33.2 Å². The first-order valence-electron chi connectivity index (χ1n) is 21.6. The number of fused-ring (bicyclic) bond motifs is 1. The van der Waals surface area contributed by atoms with E-state index in [1.165, 1.54) is 6.92 Å². The summed E-state index contributed by atoms with van der Waals surface area (Å²) in [7, 11) is 0. The highest BCUT2D eigenvalue weighted by molar-refractivity contribution is 5.76. The van der Waals surface area contributed by atoms with Crippen molar-refractivity contribution in [2.75, 3.05) is 6.61 Å². The average Bonchev–Trinajstić information content (AvgIpc) is 3.54. The first-order valence-corrected chi connectivity index (χ1v) is 21.6. The van der Waals surface area contributed by atoms with Crippen molar-refractivity contribution in [2.45, 2.75) is 209 Å². The van der Waals surface area contributed by atoms with E-state index in [1.54, 1.807) is 0 Å². The fraction of sp³-hybridized carbons (Fsp3) is 0.841. The SMILES string of the molecule is C=C1[C@@H](O)[C@@H]2O[C@]3(CC[C@H](C=C[C@@H](C)[C@@H]4CC(C)=C[C@]5(CCC[C@@H](C[C@@](C)(O)C(=O)O)O5)O4)O3)CC[C@H]2O[C@@H]1[C@@H](O)C[C@H](C)[C@H]1O[C@@]2(CCCCO2)CC[C@H]1C. The summed E-state index contributed by atoms with van der Waals surface area (Å²) in [6.45, 7) is 14.8. The number of hydrogen-bond acceptors (Lipinski definition) is 11. The van der Waals surface area contributed by atoms with Crippen molar-refractivity contribution in [1.82, 2.24) is 0 Å². The van der Waals surface area contributed by atoms with Crippen molar-refractivity contribution in [3.05, 3.63) is 36.0 Å². The molecule has 0 radical (unpaired) electrons. The molecule has 0 bridgehead atoms. The maximum atomic E-state index is 11.6. The van der Waals surface area contributed by atoms with Crippen molar-refractivity contribution >= 4 is 5.97 Å². The Balaban J connectivity index is 0.911. The molecule has 0 unspecified atom stereocenters. The van der Waals surface area contributed by atoms with Crippen molar-refractivity contribution in [3.63, 3.8) is 0 Å². The molecule has 0 saturated carbocycles. The second-order valence-corrected chi connectivity index (χ2v) is 18.8. The zero-order chi connectivity index (χ0) is 40.0. The minimum atomic E-state index is -1.87. The lowest BCUT2D eigenvalue weighted by Gasteiger charge is -2.50. The molecule has 0 amide bonds. The molecule has 6 saturated heterocycles. The Morgan fingerprint density at radius 3 is 2.52 bits per heavy atom. The standard InChI is InChI=1S/C44H68O12/c1-26-22-35(54-44(24-26)17-9-10-32(53-44)25-41(6,49)40(47)48)27(2)11-12-31-14-19-43(52-31)20-15-34-39(56-43)36(46)30(5)38(51-34)33(45)23-29(4)37-28(3)13-18-42(55-37)16-7-8-21-50-42/h11-12,24,27-29,31-39,45-46,49H,5,7-10,13-23,25H2,1-4,6H3,(H,47,48)/t27-,28-,29+,31+,32+,33+,34-,35+,36-,37+,38+,39-,41-,42+,43-,44+/m1/s1. The summed E-state index contributed by atoms with van der Waals surface area (Å²) < 4.78 is 45.6. The number of hydrogen-bond donors (Lipinski definition) is 4. The Kier molecular flexibility index (Phi) is 12.7. The zero-order valence-corrected chi connectivity index (χ0v) is 34.2. The van der Waals surface area contributed by atoms with Crippen LogP contribution in [0.25, 0.3) is 0 Å². The van der Waals surface area contributed by atoms with Crippen molar-refractivity contribution in [2.24, 2.45) is 17.8 Å². The third kappa shape index (κ3) is 9.05. The maximum absolute atomic E-state index is 11.6. The van der Waals surface area contributed by atoms with Crippen LogP contribution in [-0.2, 0) is 38.0 Å². The number of aliphatic hydroxyl groups excluding tert-OH is 2. The molecule has 0 aromatic heterocycles. The van der Waals surface area contributed by atoms with Gasteiger partial charge in [-0.05, 0) is 95.1 Å². The molecule has 12 nitrogen and oxygen atoms in total. The topological polar surface area (TPSA) is 163 Å². The second kappa shape index (κ2) is 16.7. The van der Waals surface area contributed by atoms with Gasteiger partial charge in [-0.3, -0.25) is 0 Å². The molecule has 7 rings (SSSR count). The molecule has 6 fully saturated rings. The van der Waals surface area contributed by atoms with Crippen LogP contribution in [0.3, 0.4) is 0 Å². The summed E-state index contributed by atoms with van der Waals surface area (Å²) >= 11 is 0. The predicted molar refractivity (Wildman–Crippen MR) is 206 cm³/mol. The van der Waals surface area contributed by atoms with Gasteiger partial charge >= 0.3 is 5.97 Å². The van der Waals surface area contributed by atoms with Gasteiger partial charge in [0.2, 0.25) is 0 Å². The van der Waals surface area contributed by atoms with E-state index in [1.807, 2.05) is 6.08 Å². The van der Waals surface area contributed by atoms with Crippen LogP contribution in [0.1, 0.15) is 131 Å². The Morgan fingerprint density at radius 2 is 1.77 bits per heavy atom. The van der Waals surface area contributed by atoms with Crippen molar-refractivity contribution in [1.29, 1.82) is 0 Å². The molecule has 7 heterocycles. The Hall–Kier alpha value is -1.71. The fourth-order valence-electron chi connectivity index (χ4n) is 10.6. The summed E-state index contributed by atoms with van der Waals surface area (Å²) in [4.78, 5) is 11.6. The third-order valence-electron chi connectivity index (χ3n) is 13.9. The van der Waals surface area contributed by atoms with Gasteiger partial charge in [-0.15, -0.1) is 0 Å². The summed E-state index contributed by atoms with van der Waals surface area (Å²) in [6, 6.07) is 0. The van der Waals surface area contributed by atoms with Gasteiger partial charge in [0.1, 0.15) is 18.3 Å². The lowest BCUT2D eigenvalue weighted by molar-refractivity contribution is -0.320. The Morgan fingerprint density at radius 1 is 1.00 bits per heavy atom. The second-order valence-electron chi connectivity index (χ2n) is 18.8. The van der Waals surface area contributed by atoms with Gasteiger partial charge in [0.15, 0.2) is 23.0 Å². The predicted octanol–water partition coefficient (Wildman–Crippen LogP) is 6.24. The average molecular weight is 789 g/mol. The van der Waals surface area contributed by atoms with Crippen LogP contribution in [-0.4, -0.2) is 111 Å². The largest absolute Gasteiger partial charge is 0.479 e. The van der Waals surface area contributed by atoms with E-state index in [-0.39, 0.29) is 42.7 Å². The van der Waals surface area contributed by atoms with E-state index in [0.717, 1.165) is 63.5 Å². The van der Waals surface area contributed by atoms with Crippen LogP contribution in [0, 0.1) is 17.8 Å². The van der Waals surface area contributed by atoms with E-state index in [9.17, 15) is 25.2 Å². The molecule has 7 aliphatic rings. The molecule has 316 valence electrons. The molecular formula is C44H68O12. The Bertz CT molecular complexity index is 1470. The number of carboxylic acid groups (broad SMARTS) is 1. The van der Waals surface area contributed by atoms with E-state index in [2.05, 4.69) is 46.4 Å². The highest BCUT2D eigenvalue weighted by atomic mass is 16.7. The Labute approximate surface area is 332 Å². The van der Waals surface area contributed by atoms with E-state index < -0.39 is 59.5 Å². The smallest absolute Gasteiger partial charge is 0.335 e. The highest BCUT2D eigenvalue weighted by Crippen LogP contribution is 2.47. The summed E-state index contributed by atoms with van der Waals surface area (Å²) in [5, 5.41) is 42.9. The number of ether oxygens (including phenoxy) is 7. The molecule has 0 aromatic carbocycles. The summed E-state index contributed by atoms with van der Waals surface area (Å²) in [6.07, 6.45) is 13.0. The molecule has 56 heavy (non-hydrogen) atoms. The van der Waals surface area contributed by atoms with Crippen LogP contribution in [0.15, 0.2) is 36.0 Å². The van der Waals surface area contributed by atoms with Crippen LogP contribution >= 0.6 is 0 Å². The maximum Gasteiger partial charge on any atom is 0.335 e. The first kappa shape index (κ1) is 42.4. The molecular weight excluding hydrogens is 720 g/mol. The molecule has 12 heteroatoms. The molecule has 4 N–H and O–H groups in total. The molecule has 0 aromatic rings. The first-order chi connectivity index (χ1) is 26.5. The highest BCUT2D eigenvalue weighted by Gasteiger charge is 2.54. The van der Waals surface area contributed by atoms with Crippen LogP contribution in [0.5, 0.6) is 0 Å². The van der Waals surface area contributed by atoms with Crippen LogP contribution in [0.2, 0.25) is 0 Å². The lowest BCUT2D eigenvalue weighted by atomic mass is 9.79. The lowest BCUT2D eigenvalue weighted by Crippen LogP contribution is -2.60. The van der Waals surface area contributed by atoms with Crippen molar-refractivity contribution < 1.29 is 58.4 Å². The minimum absolute atomic E-state index is 0.00341. The van der Waals surface area contributed by atoms with E-state index in [0.29, 0.717) is 50.0 Å². The van der Waals surface area contributed by atoms with Gasteiger partial charge in [-0.1, -0.05) is 45.1 Å². The molecule has 3 spiro atoms. The summed E-state index contributed by atoms with van der Waals surface area (Å²) in [5.41, 5.74) is -0.278. The number of rotatable bonds is 10. The molecule has 7 aliphatic heterocycles. The van der Waals surface area contributed by atoms with Gasteiger partial charge in [0.25, 0.3) is 0 Å². The molecule has 16 atom stereocenters. The normalized spacial score (nSPS) is 44.7. The summed E-state index contributed by atoms with van der Waals surface area (Å²) in [5.74, 6) is -3.07. The van der Waals surface area contributed by atoms with E-state index >= 15 is 0 Å². The molecule has 0 aliphatic carbocycles. The number of aliphatic carboxylic acids is 1.